The molecule has 158 valence electrons. The number of carbonyl (C=O) groups excluding carboxylic acids is 1. The molecule has 0 amide bonds. The second kappa shape index (κ2) is 9.72. The fraction of sp³-hybridized carbons (Fsp3) is 0.522. The molecule has 1 aromatic rings. The van der Waals surface area contributed by atoms with Gasteiger partial charge >= 0.3 is 5.97 Å². The van der Waals surface area contributed by atoms with Crippen molar-refractivity contribution >= 4 is 11.7 Å². The van der Waals surface area contributed by atoms with Gasteiger partial charge in [-0.2, -0.15) is 0 Å². The maximum Gasteiger partial charge on any atom is 0.341 e. The Kier molecular flexibility index (Phi) is 7.59. The topological polar surface area (TPSA) is 89.7 Å². The third-order valence-electron chi connectivity index (χ3n) is 5.75. The van der Waals surface area contributed by atoms with Crippen LogP contribution in [0.2, 0.25) is 0 Å². The lowest BCUT2D eigenvalue weighted by Gasteiger charge is -2.31. The van der Waals surface area contributed by atoms with Gasteiger partial charge in [0.25, 0.3) is 5.69 Å². The van der Waals surface area contributed by atoms with Crippen LogP contribution in [0.5, 0.6) is 5.75 Å². The van der Waals surface area contributed by atoms with Crippen LogP contribution in [0, 0.1) is 16.0 Å². The maximum atomic E-state index is 12.5. The Morgan fingerprint density at radius 3 is 2.66 bits per heavy atom. The van der Waals surface area contributed by atoms with Crippen LogP contribution in [-0.2, 0) is 11.2 Å². The van der Waals surface area contributed by atoms with Crippen molar-refractivity contribution in [3.63, 3.8) is 0 Å². The molecular formula is C23H31NO5. The summed E-state index contributed by atoms with van der Waals surface area (Å²) in [5, 5.41) is 23.1. The van der Waals surface area contributed by atoms with E-state index in [1.165, 1.54) is 13.2 Å². The Hall–Kier alpha value is -2.63. The number of rotatable bonds is 8. The van der Waals surface area contributed by atoms with Crippen molar-refractivity contribution in [2.75, 3.05) is 7.11 Å². The summed E-state index contributed by atoms with van der Waals surface area (Å²) in [6.45, 7) is 9.98. The number of unbranched alkanes of at least 4 members (excludes halogenated alkanes) is 2. The molecule has 0 radical (unpaired) electrons. The third kappa shape index (κ3) is 4.86. The molecule has 0 bridgehead atoms. The van der Waals surface area contributed by atoms with E-state index in [-0.39, 0.29) is 28.5 Å². The molecule has 0 saturated carbocycles. The summed E-state index contributed by atoms with van der Waals surface area (Å²) in [6.07, 6.45) is 6.78. The number of carbonyl (C=O) groups is 1. The summed E-state index contributed by atoms with van der Waals surface area (Å²) in [5.74, 6) is -1.46. The Morgan fingerprint density at radius 1 is 1.41 bits per heavy atom. The van der Waals surface area contributed by atoms with Crippen LogP contribution in [0.1, 0.15) is 80.3 Å². The predicted molar refractivity (Wildman–Crippen MR) is 113 cm³/mol. The zero-order valence-corrected chi connectivity index (χ0v) is 17.8. The number of nitrogens with zero attached hydrogens (tertiary/aromatic N) is 1. The smallest absolute Gasteiger partial charge is 0.341 e. The van der Waals surface area contributed by atoms with Gasteiger partial charge in [0, 0.05) is 12.0 Å². The molecule has 6 heteroatoms. The van der Waals surface area contributed by atoms with E-state index in [9.17, 15) is 20.0 Å². The van der Waals surface area contributed by atoms with Gasteiger partial charge in [-0.25, -0.2) is 4.79 Å². The number of ether oxygens (including phenoxy) is 1. The SMILES string of the molecule is C=C(C)[C@H]1CCC(C)=C[C@@H]1c1c([N+](=O)[O-])cc(CCCCC)c(C(=O)OC)c1O. The van der Waals surface area contributed by atoms with Crippen LogP contribution in [0.25, 0.3) is 0 Å². The first-order valence-corrected chi connectivity index (χ1v) is 10.2. The normalized spacial score (nSPS) is 18.8. The molecule has 0 unspecified atom stereocenters. The molecule has 0 spiro atoms. The van der Waals surface area contributed by atoms with Crippen LogP contribution in [0.4, 0.5) is 5.69 Å². The Bertz CT molecular complexity index is 840. The molecule has 2 atom stereocenters. The molecule has 29 heavy (non-hydrogen) atoms. The Balaban J connectivity index is 2.76. The number of hydrogen-bond donors (Lipinski definition) is 1. The van der Waals surface area contributed by atoms with Gasteiger partial charge in [-0.05, 0) is 51.0 Å². The lowest BCUT2D eigenvalue weighted by atomic mass is 9.73. The fourth-order valence-corrected chi connectivity index (χ4v) is 4.20. The summed E-state index contributed by atoms with van der Waals surface area (Å²) < 4.78 is 4.90. The summed E-state index contributed by atoms with van der Waals surface area (Å²) in [7, 11) is 1.25. The highest BCUT2D eigenvalue weighted by molar-refractivity contribution is 5.95. The Morgan fingerprint density at radius 2 is 2.10 bits per heavy atom. The number of hydrogen-bond acceptors (Lipinski definition) is 5. The summed E-state index contributed by atoms with van der Waals surface area (Å²) >= 11 is 0. The molecule has 0 heterocycles. The van der Waals surface area contributed by atoms with Crippen molar-refractivity contribution in [1.82, 2.24) is 0 Å². The van der Waals surface area contributed by atoms with Crippen LogP contribution >= 0.6 is 0 Å². The van der Waals surface area contributed by atoms with Crippen molar-refractivity contribution in [1.29, 1.82) is 0 Å². The first-order valence-electron chi connectivity index (χ1n) is 10.2. The highest BCUT2D eigenvalue weighted by Crippen LogP contribution is 2.48. The molecule has 0 aromatic heterocycles. The number of aryl methyl sites for hydroxylation is 1. The summed E-state index contributed by atoms with van der Waals surface area (Å²) in [5.41, 5.74) is 2.54. The number of nitro groups is 1. The van der Waals surface area contributed by atoms with Crippen LogP contribution in [-0.4, -0.2) is 23.1 Å². The van der Waals surface area contributed by atoms with Crippen LogP contribution in [0.3, 0.4) is 0 Å². The number of aromatic hydroxyl groups is 1. The average molecular weight is 402 g/mol. The van der Waals surface area contributed by atoms with Gasteiger partial charge in [-0.3, -0.25) is 10.1 Å². The fourth-order valence-electron chi connectivity index (χ4n) is 4.20. The molecule has 6 nitrogen and oxygen atoms in total. The van der Waals surface area contributed by atoms with Crippen molar-refractivity contribution in [3.05, 3.63) is 56.7 Å². The van der Waals surface area contributed by atoms with Crippen molar-refractivity contribution < 1.29 is 19.6 Å². The second-order valence-electron chi connectivity index (χ2n) is 7.93. The minimum atomic E-state index is -0.673. The molecule has 2 rings (SSSR count). The summed E-state index contributed by atoms with van der Waals surface area (Å²) in [6, 6.07) is 1.45. The third-order valence-corrected chi connectivity index (χ3v) is 5.75. The van der Waals surface area contributed by atoms with E-state index >= 15 is 0 Å². The van der Waals surface area contributed by atoms with E-state index in [4.69, 9.17) is 4.74 Å². The van der Waals surface area contributed by atoms with Gasteiger partial charge in [0.15, 0.2) is 0 Å². The molecule has 0 fully saturated rings. The standard InChI is InChI=1S/C23H31NO5/c1-6-7-8-9-16-13-19(24(27)28)21(22(25)20(16)23(26)29-5)18-12-15(4)10-11-17(18)14(2)3/h12-13,17-18,25H,2,6-11H2,1,3-5H3/t17-,18+/m1/s1. The average Bonchev–Trinajstić information content (AvgIpc) is 2.66. The minimum Gasteiger partial charge on any atom is -0.506 e. The molecule has 0 aliphatic heterocycles. The molecule has 1 N–H and O–H groups in total. The number of allylic oxidation sites excluding steroid dienone is 3. The second-order valence-corrected chi connectivity index (χ2v) is 7.93. The van der Waals surface area contributed by atoms with E-state index in [0.29, 0.717) is 12.0 Å². The highest BCUT2D eigenvalue weighted by Gasteiger charge is 2.36. The first-order chi connectivity index (χ1) is 13.7. The van der Waals surface area contributed by atoms with E-state index in [2.05, 4.69) is 13.5 Å². The molecule has 1 aromatic carbocycles. The lowest BCUT2D eigenvalue weighted by Crippen LogP contribution is -2.20. The van der Waals surface area contributed by atoms with E-state index in [0.717, 1.165) is 43.3 Å². The van der Waals surface area contributed by atoms with Crippen molar-refractivity contribution in [2.45, 2.75) is 65.2 Å². The minimum absolute atomic E-state index is 0.0419. The number of phenolic OH excluding ortho intramolecular Hbond substituents is 1. The van der Waals surface area contributed by atoms with E-state index in [1.807, 2.05) is 19.9 Å². The molecule has 1 aliphatic rings. The molecule has 1 aliphatic carbocycles. The highest BCUT2D eigenvalue weighted by atomic mass is 16.6. The van der Waals surface area contributed by atoms with Gasteiger partial charge in [-0.15, -0.1) is 0 Å². The van der Waals surface area contributed by atoms with E-state index in [1.54, 1.807) is 0 Å². The maximum absolute atomic E-state index is 12.5. The zero-order valence-electron chi connectivity index (χ0n) is 17.8. The van der Waals surface area contributed by atoms with Crippen LogP contribution in [0.15, 0.2) is 29.9 Å². The van der Waals surface area contributed by atoms with Gasteiger partial charge in [0.1, 0.15) is 11.3 Å². The predicted octanol–water partition coefficient (Wildman–Crippen LogP) is 5.84. The van der Waals surface area contributed by atoms with Gasteiger partial charge in [0.2, 0.25) is 0 Å². The zero-order chi connectivity index (χ0) is 21.7. The number of nitro benzene ring substituents is 1. The Labute approximate surface area is 172 Å². The van der Waals surface area contributed by atoms with Gasteiger partial charge in [-0.1, -0.05) is 43.6 Å². The van der Waals surface area contributed by atoms with Gasteiger partial charge in [0.05, 0.1) is 17.6 Å². The number of phenols is 1. The number of methoxy groups -OCH3 is 1. The van der Waals surface area contributed by atoms with E-state index < -0.39 is 16.8 Å². The molecule has 0 saturated heterocycles. The largest absolute Gasteiger partial charge is 0.506 e. The molecular weight excluding hydrogens is 370 g/mol. The van der Waals surface area contributed by atoms with Crippen molar-refractivity contribution in [3.8, 4) is 5.75 Å². The monoisotopic (exact) mass is 401 g/mol. The number of esters is 1. The van der Waals surface area contributed by atoms with Gasteiger partial charge < -0.3 is 9.84 Å². The number of benzene rings is 1. The summed E-state index contributed by atoms with van der Waals surface area (Å²) in [4.78, 5) is 24.0. The van der Waals surface area contributed by atoms with Crippen molar-refractivity contribution in [2.24, 2.45) is 5.92 Å². The quantitative estimate of drug-likeness (QED) is 0.194. The lowest BCUT2D eigenvalue weighted by molar-refractivity contribution is -0.385. The van der Waals surface area contributed by atoms with Crippen LogP contribution < -0.4 is 0 Å². The first kappa shape index (κ1) is 22.7.